The van der Waals surface area contributed by atoms with Crippen LogP contribution in [0.25, 0.3) is 11.0 Å². The van der Waals surface area contributed by atoms with Gasteiger partial charge in [0.2, 0.25) is 5.95 Å². The van der Waals surface area contributed by atoms with Gasteiger partial charge in [-0.15, -0.1) is 0 Å². The Hall–Kier alpha value is -2.94. The number of ether oxygens (including phenoxy) is 1. The molecule has 3 aromatic rings. The van der Waals surface area contributed by atoms with Crippen molar-refractivity contribution in [2.75, 3.05) is 43.5 Å². The summed E-state index contributed by atoms with van der Waals surface area (Å²) in [5.74, 6) is 0.829. The molecule has 32 heavy (non-hydrogen) atoms. The molecular weight excluding hydrogens is 437 g/mol. The number of likely N-dealkylation sites (tertiary alicyclic amines) is 1. The molecule has 3 N–H and O–H groups in total. The van der Waals surface area contributed by atoms with Crippen molar-refractivity contribution in [1.82, 2.24) is 29.6 Å². The SMILES string of the molecule is CCNc1nc(Nc2cnn([C@H]3CCN(C4COC4)C[C@@H]3F)c2Cl)nc2[nH]cc(C#N)c12. The molecule has 2 aliphatic rings. The third-order valence-corrected chi connectivity index (χ3v) is 6.34. The summed E-state index contributed by atoms with van der Waals surface area (Å²) in [4.78, 5) is 14.1. The standard InChI is InChI=1S/C20H23ClFN9O/c1-2-24-18-16-11(5-23)6-25-19(16)29-20(28-18)27-14-7-26-31(17(14)21)15-3-4-30(8-13(15)22)12-9-32-10-12/h6-7,12-13,15H,2-4,8-10H2,1H3,(H3,24,25,27,28,29)/t13-,15-/m0/s1. The molecule has 2 atom stereocenters. The average molecular weight is 460 g/mol. The van der Waals surface area contributed by atoms with Crippen LogP contribution in [-0.4, -0.2) is 74.7 Å². The predicted molar refractivity (Wildman–Crippen MR) is 118 cm³/mol. The fourth-order valence-corrected chi connectivity index (χ4v) is 4.48. The van der Waals surface area contributed by atoms with E-state index < -0.39 is 12.2 Å². The zero-order valence-corrected chi connectivity index (χ0v) is 18.2. The Morgan fingerprint density at radius 3 is 2.94 bits per heavy atom. The number of piperidine rings is 1. The Bertz CT molecular complexity index is 1170. The molecule has 2 aliphatic heterocycles. The van der Waals surface area contributed by atoms with Crippen molar-refractivity contribution in [3.8, 4) is 6.07 Å². The molecule has 168 valence electrons. The fourth-order valence-electron chi connectivity index (χ4n) is 4.21. The number of H-pyrrole nitrogens is 1. The Balaban J connectivity index is 1.37. The lowest BCUT2D eigenvalue weighted by Crippen LogP contribution is -2.55. The second-order valence-electron chi connectivity index (χ2n) is 7.94. The molecule has 0 unspecified atom stereocenters. The van der Waals surface area contributed by atoms with Crippen LogP contribution in [0.5, 0.6) is 0 Å². The van der Waals surface area contributed by atoms with Crippen LogP contribution >= 0.6 is 11.6 Å². The van der Waals surface area contributed by atoms with E-state index in [1.807, 2.05) is 6.92 Å². The van der Waals surface area contributed by atoms with E-state index in [1.165, 1.54) is 4.68 Å². The topological polar surface area (TPSA) is 120 Å². The lowest BCUT2D eigenvalue weighted by molar-refractivity contribution is -0.0847. The summed E-state index contributed by atoms with van der Waals surface area (Å²) in [5, 5.41) is 20.8. The van der Waals surface area contributed by atoms with Crippen molar-refractivity contribution in [1.29, 1.82) is 5.26 Å². The van der Waals surface area contributed by atoms with Gasteiger partial charge in [0, 0.05) is 25.8 Å². The van der Waals surface area contributed by atoms with Crippen molar-refractivity contribution in [3.05, 3.63) is 23.1 Å². The quantitative estimate of drug-likeness (QED) is 0.514. The Morgan fingerprint density at radius 1 is 1.41 bits per heavy atom. The molecule has 2 saturated heterocycles. The lowest BCUT2D eigenvalue weighted by Gasteiger charge is -2.42. The largest absolute Gasteiger partial charge is 0.378 e. The zero-order chi connectivity index (χ0) is 22.2. The van der Waals surface area contributed by atoms with Gasteiger partial charge in [0.1, 0.15) is 23.7 Å². The fraction of sp³-hybridized carbons (Fsp3) is 0.500. The molecule has 12 heteroatoms. The highest BCUT2D eigenvalue weighted by molar-refractivity contribution is 6.32. The second kappa shape index (κ2) is 8.54. The van der Waals surface area contributed by atoms with Crippen molar-refractivity contribution in [3.63, 3.8) is 0 Å². The maximum absolute atomic E-state index is 15.0. The summed E-state index contributed by atoms with van der Waals surface area (Å²) < 4.78 is 21.7. The molecule has 0 radical (unpaired) electrons. The molecule has 0 saturated carbocycles. The first-order chi connectivity index (χ1) is 15.6. The number of nitrogens with zero attached hydrogens (tertiary/aromatic N) is 6. The van der Waals surface area contributed by atoms with Crippen LogP contribution in [0.15, 0.2) is 12.4 Å². The Labute approximate surface area is 188 Å². The highest BCUT2D eigenvalue weighted by Crippen LogP contribution is 2.34. The highest BCUT2D eigenvalue weighted by Gasteiger charge is 2.37. The molecule has 0 aliphatic carbocycles. The first-order valence-corrected chi connectivity index (χ1v) is 11.0. The van der Waals surface area contributed by atoms with Gasteiger partial charge < -0.3 is 20.4 Å². The lowest BCUT2D eigenvalue weighted by atomic mass is 10.0. The van der Waals surface area contributed by atoms with Gasteiger partial charge in [0.05, 0.1) is 48.1 Å². The molecular formula is C20H23ClFN9O. The summed E-state index contributed by atoms with van der Waals surface area (Å²) in [6.07, 6.45) is 2.69. The van der Waals surface area contributed by atoms with E-state index in [0.717, 1.165) is 6.54 Å². The van der Waals surface area contributed by atoms with E-state index >= 15 is 0 Å². The van der Waals surface area contributed by atoms with E-state index in [4.69, 9.17) is 16.3 Å². The number of aromatic nitrogens is 5. The van der Waals surface area contributed by atoms with E-state index in [1.54, 1.807) is 12.4 Å². The number of nitriles is 1. The number of nitrogens with one attached hydrogen (secondary N) is 3. The van der Waals surface area contributed by atoms with Gasteiger partial charge in [-0.1, -0.05) is 11.6 Å². The number of anilines is 3. The monoisotopic (exact) mass is 459 g/mol. The molecule has 2 fully saturated rings. The molecule has 0 aromatic carbocycles. The molecule has 3 aromatic heterocycles. The first-order valence-electron chi connectivity index (χ1n) is 10.6. The minimum atomic E-state index is -1.08. The van der Waals surface area contributed by atoms with Crippen molar-refractivity contribution < 1.29 is 9.13 Å². The van der Waals surface area contributed by atoms with Gasteiger partial charge >= 0.3 is 0 Å². The molecule has 5 heterocycles. The summed E-state index contributed by atoms with van der Waals surface area (Å²) in [7, 11) is 0. The van der Waals surface area contributed by atoms with Crippen LogP contribution in [0.4, 0.5) is 21.8 Å². The van der Waals surface area contributed by atoms with Crippen LogP contribution < -0.4 is 10.6 Å². The number of rotatable bonds is 6. The summed E-state index contributed by atoms with van der Waals surface area (Å²) in [5.41, 5.74) is 1.47. The maximum Gasteiger partial charge on any atom is 0.231 e. The number of fused-ring (bicyclic) bond motifs is 1. The van der Waals surface area contributed by atoms with Gasteiger partial charge in [0.25, 0.3) is 0 Å². The van der Waals surface area contributed by atoms with Gasteiger partial charge in [-0.2, -0.15) is 20.3 Å². The van der Waals surface area contributed by atoms with Gasteiger partial charge in [-0.3, -0.25) is 4.90 Å². The maximum atomic E-state index is 15.0. The molecule has 0 spiro atoms. The van der Waals surface area contributed by atoms with E-state index in [-0.39, 0.29) is 5.95 Å². The van der Waals surface area contributed by atoms with Crippen molar-refractivity contribution in [2.45, 2.75) is 31.6 Å². The number of hydrogen-bond donors (Lipinski definition) is 3. The minimum Gasteiger partial charge on any atom is -0.378 e. The summed E-state index contributed by atoms with van der Waals surface area (Å²) in [6.45, 7) is 5.03. The second-order valence-corrected chi connectivity index (χ2v) is 8.30. The highest BCUT2D eigenvalue weighted by atomic mass is 35.5. The normalized spacial score (nSPS) is 21.9. The average Bonchev–Trinajstić information content (AvgIpc) is 3.31. The minimum absolute atomic E-state index is 0.290. The van der Waals surface area contributed by atoms with Crippen molar-refractivity contribution in [2.24, 2.45) is 0 Å². The third-order valence-electron chi connectivity index (χ3n) is 5.97. The molecule has 0 bridgehead atoms. The van der Waals surface area contributed by atoms with Gasteiger partial charge in [0.15, 0.2) is 5.15 Å². The Morgan fingerprint density at radius 2 is 2.25 bits per heavy atom. The first kappa shape index (κ1) is 20.9. The van der Waals surface area contributed by atoms with Gasteiger partial charge in [-0.25, -0.2) is 9.07 Å². The van der Waals surface area contributed by atoms with E-state index in [9.17, 15) is 9.65 Å². The van der Waals surface area contributed by atoms with Crippen LogP contribution in [0.1, 0.15) is 24.9 Å². The molecule has 10 nitrogen and oxygen atoms in total. The predicted octanol–water partition coefficient (Wildman–Crippen LogP) is 2.84. The Kier molecular flexibility index (Phi) is 5.58. The van der Waals surface area contributed by atoms with Crippen LogP contribution in [0, 0.1) is 11.3 Å². The smallest absolute Gasteiger partial charge is 0.231 e. The molecule has 5 rings (SSSR count). The number of hydrogen-bond acceptors (Lipinski definition) is 8. The number of aromatic amines is 1. The summed E-state index contributed by atoms with van der Waals surface area (Å²) >= 11 is 6.57. The summed E-state index contributed by atoms with van der Waals surface area (Å²) in [6, 6.07) is 2.02. The van der Waals surface area contributed by atoms with E-state index in [0.29, 0.717) is 72.0 Å². The third kappa shape index (κ3) is 3.64. The number of alkyl halides is 1. The number of halogens is 2. The van der Waals surface area contributed by atoms with E-state index in [2.05, 4.69) is 41.7 Å². The van der Waals surface area contributed by atoms with Crippen LogP contribution in [-0.2, 0) is 4.74 Å². The van der Waals surface area contributed by atoms with Gasteiger partial charge in [-0.05, 0) is 13.3 Å². The molecule has 0 amide bonds. The zero-order valence-electron chi connectivity index (χ0n) is 17.5. The van der Waals surface area contributed by atoms with Crippen LogP contribution in [0.2, 0.25) is 5.15 Å². The van der Waals surface area contributed by atoms with Crippen LogP contribution in [0.3, 0.4) is 0 Å². The van der Waals surface area contributed by atoms with Crippen molar-refractivity contribution >= 4 is 40.1 Å².